The van der Waals surface area contributed by atoms with Gasteiger partial charge in [0.05, 0.1) is 12.0 Å². The van der Waals surface area contributed by atoms with Gasteiger partial charge in [-0.15, -0.1) is 11.3 Å². The minimum absolute atomic E-state index is 0.109. The molecule has 1 unspecified atom stereocenters. The zero-order chi connectivity index (χ0) is 16.9. The minimum atomic E-state index is -0.754. The van der Waals surface area contributed by atoms with Crippen LogP contribution in [0.15, 0.2) is 23.6 Å². The number of carbonyl (C=O) groups excluding carboxylic acids is 1. The first-order valence-electron chi connectivity index (χ1n) is 8.90. The first kappa shape index (κ1) is 17.2. The number of carbonyl (C=O) groups is 2. The van der Waals surface area contributed by atoms with Crippen molar-refractivity contribution in [3.05, 3.63) is 28.5 Å². The fraction of sp³-hybridized carbons (Fsp3) is 0.579. The summed E-state index contributed by atoms with van der Waals surface area (Å²) in [7, 11) is 0. The van der Waals surface area contributed by atoms with E-state index in [1.54, 1.807) is 11.3 Å². The fourth-order valence-corrected chi connectivity index (χ4v) is 4.49. The second-order valence-electron chi connectivity index (χ2n) is 6.87. The van der Waals surface area contributed by atoms with E-state index in [1.165, 1.54) is 4.88 Å². The lowest BCUT2D eigenvalue weighted by Gasteiger charge is -2.30. The number of thiophene rings is 1. The molecule has 1 aromatic heterocycles. The SMILES string of the molecule is O=C(O)[C@@H]1CC[C@H](C(=O)N2CCCCCC2/C=C/c2cccs2)C1. The van der Waals surface area contributed by atoms with Crippen molar-refractivity contribution >= 4 is 29.3 Å². The van der Waals surface area contributed by atoms with Gasteiger partial charge in [0.2, 0.25) is 5.91 Å². The maximum absolute atomic E-state index is 13.0. The molecule has 5 heteroatoms. The van der Waals surface area contributed by atoms with Gasteiger partial charge in [-0.1, -0.05) is 25.0 Å². The van der Waals surface area contributed by atoms with Gasteiger partial charge in [-0.2, -0.15) is 0 Å². The van der Waals surface area contributed by atoms with Gasteiger partial charge in [0, 0.05) is 17.3 Å². The molecule has 2 fully saturated rings. The van der Waals surface area contributed by atoms with Crippen molar-refractivity contribution in [1.29, 1.82) is 0 Å². The molecule has 1 aromatic rings. The van der Waals surface area contributed by atoms with Crippen molar-refractivity contribution in [2.24, 2.45) is 11.8 Å². The predicted molar refractivity (Wildman–Crippen MR) is 95.8 cm³/mol. The summed E-state index contributed by atoms with van der Waals surface area (Å²) in [5.41, 5.74) is 0. The highest BCUT2D eigenvalue weighted by Gasteiger charge is 2.37. The van der Waals surface area contributed by atoms with Crippen LogP contribution in [0.25, 0.3) is 6.08 Å². The molecule has 3 atom stereocenters. The Kier molecular flexibility index (Phi) is 5.72. The summed E-state index contributed by atoms with van der Waals surface area (Å²) in [4.78, 5) is 27.4. The van der Waals surface area contributed by atoms with Crippen molar-refractivity contribution in [1.82, 2.24) is 4.90 Å². The van der Waals surface area contributed by atoms with Crippen LogP contribution in [0, 0.1) is 11.8 Å². The van der Waals surface area contributed by atoms with Crippen LogP contribution in [0.4, 0.5) is 0 Å². The monoisotopic (exact) mass is 347 g/mol. The number of likely N-dealkylation sites (tertiary alicyclic amines) is 1. The number of carboxylic acids is 1. The molecule has 1 saturated heterocycles. The molecule has 2 heterocycles. The number of hydrogen-bond acceptors (Lipinski definition) is 3. The van der Waals surface area contributed by atoms with E-state index < -0.39 is 5.97 Å². The first-order chi connectivity index (χ1) is 11.6. The molecular weight excluding hydrogens is 322 g/mol. The summed E-state index contributed by atoms with van der Waals surface area (Å²) in [6.45, 7) is 0.798. The Morgan fingerprint density at radius 2 is 2.00 bits per heavy atom. The Morgan fingerprint density at radius 1 is 1.17 bits per heavy atom. The van der Waals surface area contributed by atoms with Crippen molar-refractivity contribution < 1.29 is 14.7 Å². The predicted octanol–water partition coefficient (Wildman–Crippen LogP) is 4.03. The van der Waals surface area contributed by atoms with Crippen LogP contribution in [-0.2, 0) is 9.59 Å². The quantitative estimate of drug-likeness (QED) is 0.894. The molecule has 1 N–H and O–H groups in total. The van der Waals surface area contributed by atoms with Crippen LogP contribution < -0.4 is 0 Å². The Morgan fingerprint density at radius 3 is 2.71 bits per heavy atom. The van der Waals surface area contributed by atoms with Gasteiger partial charge >= 0.3 is 5.97 Å². The van der Waals surface area contributed by atoms with Crippen LogP contribution in [0.1, 0.15) is 49.8 Å². The van der Waals surface area contributed by atoms with Crippen LogP contribution in [0.2, 0.25) is 0 Å². The van der Waals surface area contributed by atoms with Gasteiger partial charge in [-0.3, -0.25) is 9.59 Å². The van der Waals surface area contributed by atoms with Gasteiger partial charge in [-0.25, -0.2) is 0 Å². The normalized spacial score (nSPS) is 28.2. The molecule has 0 bridgehead atoms. The Bertz CT molecular complexity index is 596. The van der Waals surface area contributed by atoms with Crippen molar-refractivity contribution in [3.8, 4) is 0 Å². The number of carboxylic acid groups (broad SMARTS) is 1. The van der Waals surface area contributed by atoms with E-state index in [1.807, 2.05) is 11.0 Å². The Balaban J connectivity index is 1.70. The lowest BCUT2D eigenvalue weighted by atomic mass is 10.0. The zero-order valence-electron chi connectivity index (χ0n) is 13.9. The maximum atomic E-state index is 13.0. The molecule has 0 aromatic carbocycles. The van der Waals surface area contributed by atoms with Crippen LogP contribution in [0.3, 0.4) is 0 Å². The van der Waals surface area contributed by atoms with Gasteiger partial charge < -0.3 is 10.0 Å². The van der Waals surface area contributed by atoms with Gasteiger partial charge in [0.25, 0.3) is 0 Å². The molecule has 0 spiro atoms. The standard InChI is InChI=1S/C19H25NO3S/c21-18(14-7-8-15(13-14)19(22)23)20-11-3-1-2-5-16(20)9-10-17-6-4-12-24-17/h4,6,9-10,12,14-16H,1-3,5,7-8,11,13H2,(H,22,23)/b10-9+/t14-,15+,16?/m0/s1. The molecule has 130 valence electrons. The highest BCUT2D eigenvalue weighted by molar-refractivity contribution is 7.10. The third-order valence-electron chi connectivity index (χ3n) is 5.24. The number of rotatable bonds is 4. The van der Waals surface area contributed by atoms with Gasteiger partial charge in [-0.05, 0) is 49.6 Å². The van der Waals surface area contributed by atoms with E-state index in [-0.39, 0.29) is 23.8 Å². The molecule has 24 heavy (non-hydrogen) atoms. The Hall–Kier alpha value is -1.62. The molecule has 1 aliphatic carbocycles. The molecule has 4 nitrogen and oxygen atoms in total. The lowest BCUT2D eigenvalue weighted by molar-refractivity contribution is -0.141. The second kappa shape index (κ2) is 7.97. The largest absolute Gasteiger partial charge is 0.481 e. The van der Waals surface area contributed by atoms with Crippen molar-refractivity contribution in [2.75, 3.05) is 6.54 Å². The van der Waals surface area contributed by atoms with Crippen LogP contribution >= 0.6 is 11.3 Å². The summed E-state index contributed by atoms with van der Waals surface area (Å²) in [6, 6.07) is 4.26. The highest BCUT2D eigenvalue weighted by atomic mass is 32.1. The summed E-state index contributed by atoms with van der Waals surface area (Å²) in [6.07, 6.45) is 10.5. The fourth-order valence-electron chi connectivity index (χ4n) is 3.86. The van der Waals surface area contributed by atoms with E-state index in [2.05, 4.69) is 23.6 Å². The van der Waals surface area contributed by atoms with E-state index in [4.69, 9.17) is 0 Å². The molecule has 1 saturated carbocycles. The van der Waals surface area contributed by atoms with E-state index >= 15 is 0 Å². The number of amides is 1. The number of nitrogens with zero attached hydrogens (tertiary/aromatic N) is 1. The first-order valence-corrected chi connectivity index (χ1v) is 9.78. The summed E-state index contributed by atoms with van der Waals surface area (Å²) in [5.74, 6) is -1.04. The Labute approximate surface area is 147 Å². The number of hydrogen-bond donors (Lipinski definition) is 1. The zero-order valence-corrected chi connectivity index (χ0v) is 14.7. The smallest absolute Gasteiger partial charge is 0.306 e. The van der Waals surface area contributed by atoms with E-state index in [0.29, 0.717) is 19.3 Å². The third-order valence-corrected chi connectivity index (χ3v) is 6.08. The number of aliphatic carboxylic acids is 1. The molecule has 0 radical (unpaired) electrons. The topological polar surface area (TPSA) is 57.6 Å². The van der Waals surface area contributed by atoms with Crippen molar-refractivity contribution in [2.45, 2.75) is 51.0 Å². The van der Waals surface area contributed by atoms with E-state index in [9.17, 15) is 14.7 Å². The molecular formula is C19H25NO3S. The average molecular weight is 347 g/mol. The molecule has 1 amide bonds. The average Bonchev–Trinajstić information content (AvgIpc) is 3.21. The minimum Gasteiger partial charge on any atom is -0.481 e. The summed E-state index contributed by atoms with van der Waals surface area (Å²) in [5, 5.41) is 11.2. The molecule has 3 rings (SSSR count). The third kappa shape index (κ3) is 4.07. The molecule has 1 aliphatic heterocycles. The van der Waals surface area contributed by atoms with Crippen LogP contribution in [-0.4, -0.2) is 34.5 Å². The lowest BCUT2D eigenvalue weighted by Crippen LogP contribution is -2.42. The summed E-state index contributed by atoms with van der Waals surface area (Å²) < 4.78 is 0. The maximum Gasteiger partial charge on any atom is 0.306 e. The van der Waals surface area contributed by atoms with Crippen LogP contribution in [0.5, 0.6) is 0 Å². The van der Waals surface area contributed by atoms with E-state index in [0.717, 1.165) is 32.2 Å². The van der Waals surface area contributed by atoms with Gasteiger partial charge in [0.1, 0.15) is 0 Å². The van der Waals surface area contributed by atoms with Gasteiger partial charge in [0.15, 0.2) is 0 Å². The molecule has 2 aliphatic rings. The van der Waals surface area contributed by atoms with Crippen molar-refractivity contribution in [3.63, 3.8) is 0 Å². The highest BCUT2D eigenvalue weighted by Crippen LogP contribution is 2.34. The second-order valence-corrected chi connectivity index (χ2v) is 7.85. The summed E-state index contributed by atoms with van der Waals surface area (Å²) >= 11 is 1.70.